The van der Waals surface area contributed by atoms with E-state index in [1.165, 1.54) is 0 Å². The van der Waals surface area contributed by atoms with Gasteiger partial charge in [-0.15, -0.1) is 0 Å². The second kappa shape index (κ2) is 9.13. The van der Waals surface area contributed by atoms with E-state index in [2.05, 4.69) is 27.5 Å². The molecule has 106 valence electrons. The Bertz CT molecular complexity index is 385. The first kappa shape index (κ1) is 15.2. The molecule has 0 aliphatic carbocycles. The molecule has 6 heteroatoms. The Morgan fingerprint density at radius 1 is 1.21 bits per heavy atom. The number of rotatable bonds is 9. The van der Waals surface area contributed by atoms with Crippen molar-refractivity contribution >= 4 is 17.6 Å². The van der Waals surface area contributed by atoms with Crippen molar-refractivity contribution in [2.45, 2.75) is 33.1 Å². The van der Waals surface area contributed by atoms with Gasteiger partial charge in [0.15, 0.2) is 0 Å². The highest BCUT2D eigenvalue weighted by Crippen LogP contribution is 2.06. The quantitative estimate of drug-likeness (QED) is 0.526. The third-order valence-electron chi connectivity index (χ3n) is 2.36. The third kappa shape index (κ3) is 6.59. The monoisotopic (exact) mass is 266 g/mol. The predicted molar refractivity (Wildman–Crippen MR) is 75.2 cm³/mol. The number of esters is 1. The predicted octanol–water partition coefficient (Wildman–Crippen LogP) is 2.05. The van der Waals surface area contributed by atoms with Crippen molar-refractivity contribution in [3.05, 3.63) is 12.4 Å². The molecule has 0 aliphatic rings. The Hall–Kier alpha value is -1.85. The molecule has 0 atom stereocenters. The first-order valence-corrected chi connectivity index (χ1v) is 6.71. The maximum absolute atomic E-state index is 11.1. The van der Waals surface area contributed by atoms with Crippen LogP contribution in [0.15, 0.2) is 12.4 Å². The summed E-state index contributed by atoms with van der Waals surface area (Å²) in [5.41, 5.74) is 0. The van der Waals surface area contributed by atoms with Crippen LogP contribution in [-0.4, -0.2) is 35.6 Å². The molecule has 19 heavy (non-hydrogen) atoms. The zero-order valence-electron chi connectivity index (χ0n) is 11.6. The fourth-order valence-corrected chi connectivity index (χ4v) is 1.47. The van der Waals surface area contributed by atoms with E-state index in [9.17, 15) is 4.79 Å². The Morgan fingerprint density at radius 2 is 1.89 bits per heavy atom. The Labute approximate surface area is 114 Å². The zero-order valence-corrected chi connectivity index (χ0v) is 11.6. The fraction of sp³-hybridized carbons (Fsp3) is 0.615. The van der Waals surface area contributed by atoms with Crippen LogP contribution in [0.5, 0.6) is 0 Å². The smallest absolute Gasteiger partial charge is 0.305 e. The lowest BCUT2D eigenvalue weighted by atomic mass is 10.3. The van der Waals surface area contributed by atoms with Crippen molar-refractivity contribution in [1.82, 2.24) is 9.97 Å². The van der Waals surface area contributed by atoms with Gasteiger partial charge in [0.25, 0.3) is 0 Å². The fourth-order valence-electron chi connectivity index (χ4n) is 1.47. The molecule has 0 saturated heterocycles. The molecule has 0 aliphatic heterocycles. The summed E-state index contributed by atoms with van der Waals surface area (Å²) in [5.74, 6) is 1.32. The summed E-state index contributed by atoms with van der Waals surface area (Å²) in [6.07, 6.45) is 5.54. The van der Waals surface area contributed by atoms with Crippen molar-refractivity contribution in [2.75, 3.05) is 30.3 Å². The average Bonchev–Trinajstić information content (AvgIpc) is 2.42. The van der Waals surface area contributed by atoms with Gasteiger partial charge in [-0.1, -0.05) is 6.92 Å². The Morgan fingerprint density at radius 3 is 2.53 bits per heavy atom. The van der Waals surface area contributed by atoms with E-state index in [0.717, 1.165) is 18.8 Å². The second-order valence-electron chi connectivity index (χ2n) is 4.05. The standard InChI is InChI=1S/C13H22N4O2/c1-3-7-15-11-9-14-10-12(17-11)16-8-5-6-13(18)19-4-2/h9-10H,3-8H2,1-2H3,(H2,15,16,17). The first-order chi connectivity index (χ1) is 9.26. The van der Waals surface area contributed by atoms with Gasteiger partial charge in [0.2, 0.25) is 0 Å². The van der Waals surface area contributed by atoms with Crippen LogP contribution in [0.1, 0.15) is 33.1 Å². The third-order valence-corrected chi connectivity index (χ3v) is 2.36. The molecule has 6 nitrogen and oxygen atoms in total. The molecule has 0 saturated carbocycles. The lowest BCUT2D eigenvalue weighted by molar-refractivity contribution is -0.143. The van der Waals surface area contributed by atoms with Gasteiger partial charge >= 0.3 is 5.97 Å². The minimum Gasteiger partial charge on any atom is -0.466 e. The van der Waals surface area contributed by atoms with Crippen LogP contribution in [-0.2, 0) is 9.53 Å². The number of nitrogens with one attached hydrogen (secondary N) is 2. The maximum Gasteiger partial charge on any atom is 0.305 e. The molecule has 1 rings (SSSR count). The zero-order chi connectivity index (χ0) is 13.9. The van der Waals surface area contributed by atoms with Crippen LogP contribution in [0.4, 0.5) is 11.6 Å². The van der Waals surface area contributed by atoms with Crippen molar-refractivity contribution in [1.29, 1.82) is 0 Å². The first-order valence-electron chi connectivity index (χ1n) is 6.71. The van der Waals surface area contributed by atoms with Gasteiger partial charge in [-0.25, -0.2) is 4.98 Å². The van der Waals surface area contributed by atoms with E-state index in [1.54, 1.807) is 19.3 Å². The number of anilines is 2. The molecule has 0 unspecified atom stereocenters. The lowest BCUT2D eigenvalue weighted by Gasteiger charge is -2.07. The number of nitrogens with zero attached hydrogens (tertiary/aromatic N) is 2. The van der Waals surface area contributed by atoms with Crippen LogP contribution in [0.3, 0.4) is 0 Å². The summed E-state index contributed by atoms with van der Waals surface area (Å²) < 4.78 is 4.85. The van der Waals surface area contributed by atoms with Crippen LogP contribution in [0.2, 0.25) is 0 Å². The topological polar surface area (TPSA) is 76.1 Å². The highest BCUT2D eigenvalue weighted by molar-refractivity contribution is 5.69. The maximum atomic E-state index is 11.1. The molecule has 2 N–H and O–H groups in total. The van der Waals surface area contributed by atoms with E-state index >= 15 is 0 Å². The molecule has 0 amide bonds. The number of carbonyl (C=O) groups is 1. The van der Waals surface area contributed by atoms with Crippen molar-refractivity contribution in [3.63, 3.8) is 0 Å². The molecule has 1 aromatic heterocycles. The highest BCUT2D eigenvalue weighted by Gasteiger charge is 2.01. The van der Waals surface area contributed by atoms with Gasteiger partial charge < -0.3 is 15.4 Å². The SMILES string of the molecule is CCCNc1cncc(NCCCC(=O)OCC)n1. The largest absolute Gasteiger partial charge is 0.466 e. The molecule has 0 bridgehead atoms. The van der Waals surface area contributed by atoms with Crippen LogP contribution in [0, 0.1) is 0 Å². The Kier molecular flexibility index (Phi) is 7.31. The number of carbonyl (C=O) groups excluding carboxylic acids is 1. The van der Waals surface area contributed by atoms with Gasteiger partial charge in [-0.2, -0.15) is 0 Å². The van der Waals surface area contributed by atoms with Crippen molar-refractivity contribution in [3.8, 4) is 0 Å². The van der Waals surface area contributed by atoms with E-state index in [4.69, 9.17) is 4.74 Å². The van der Waals surface area contributed by atoms with Crippen LogP contribution >= 0.6 is 0 Å². The normalized spacial score (nSPS) is 10.0. The van der Waals surface area contributed by atoms with E-state index in [1.807, 2.05) is 0 Å². The van der Waals surface area contributed by atoms with Gasteiger partial charge in [0.1, 0.15) is 11.6 Å². The summed E-state index contributed by atoms with van der Waals surface area (Å²) in [6, 6.07) is 0. The second-order valence-corrected chi connectivity index (χ2v) is 4.05. The lowest BCUT2D eigenvalue weighted by Crippen LogP contribution is -2.10. The Balaban J connectivity index is 2.27. The summed E-state index contributed by atoms with van der Waals surface area (Å²) in [6.45, 7) is 5.88. The summed E-state index contributed by atoms with van der Waals surface area (Å²) in [5, 5.41) is 6.31. The van der Waals surface area contributed by atoms with E-state index in [-0.39, 0.29) is 5.97 Å². The highest BCUT2D eigenvalue weighted by atomic mass is 16.5. The van der Waals surface area contributed by atoms with Gasteiger partial charge in [-0.3, -0.25) is 9.78 Å². The molecule has 0 spiro atoms. The number of ether oxygens (including phenoxy) is 1. The van der Waals surface area contributed by atoms with Gasteiger partial charge in [-0.05, 0) is 19.8 Å². The number of aromatic nitrogens is 2. The molecule has 0 radical (unpaired) electrons. The number of hydrogen-bond acceptors (Lipinski definition) is 6. The van der Waals surface area contributed by atoms with Crippen molar-refractivity contribution in [2.24, 2.45) is 0 Å². The minimum absolute atomic E-state index is 0.159. The summed E-state index contributed by atoms with van der Waals surface area (Å²) in [7, 11) is 0. The van der Waals surface area contributed by atoms with Crippen LogP contribution in [0.25, 0.3) is 0 Å². The summed E-state index contributed by atoms with van der Waals surface area (Å²) >= 11 is 0. The molecule has 1 aromatic rings. The molecule has 0 aromatic carbocycles. The molecule has 1 heterocycles. The van der Waals surface area contributed by atoms with Crippen LogP contribution < -0.4 is 10.6 Å². The average molecular weight is 266 g/mol. The van der Waals surface area contributed by atoms with Gasteiger partial charge in [0, 0.05) is 19.5 Å². The van der Waals surface area contributed by atoms with Gasteiger partial charge in [0.05, 0.1) is 19.0 Å². The van der Waals surface area contributed by atoms with E-state index < -0.39 is 0 Å². The van der Waals surface area contributed by atoms with E-state index in [0.29, 0.717) is 31.8 Å². The molecular weight excluding hydrogens is 244 g/mol. The molecule has 0 fully saturated rings. The minimum atomic E-state index is -0.159. The van der Waals surface area contributed by atoms with Crippen molar-refractivity contribution < 1.29 is 9.53 Å². The molecular formula is C13H22N4O2. The summed E-state index contributed by atoms with van der Waals surface area (Å²) in [4.78, 5) is 19.6. The number of hydrogen-bond donors (Lipinski definition) is 2.